The number of nitrogens with one attached hydrogen (secondary N) is 1. The number of H-pyrrole nitrogens is 1. The van der Waals surface area contributed by atoms with Gasteiger partial charge in [-0.25, -0.2) is 4.79 Å². The first-order chi connectivity index (χ1) is 10.2. The lowest BCUT2D eigenvalue weighted by molar-refractivity contribution is 0.420. The number of phenolic OH excluding ortho intramolecular Hbond substituents is 1. The number of phenols is 1. The third-order valence-electron chi connectivity index (χ3n) is 3.65. The van der Waals surface area contributed by atoms with Crippen LogP contribution < -0.4 is 10.4 Å². The van der Waals surface area contributed by atoms with Crippen LogP contribution in [0.2, 0.25) is 0 Å². The van der Waals surface area contributed by atoms with Crippen LogP contribution in [0.25, 0.3) is 32.8 Å². The number of benzene rings is 2. The third kappa shape index (κ3) is 1.54. The molecule has 5 nitrogen and oxygen atoms in total. The average molecular weight is 281 g/mol. The summed E-state index contributed by atoms with van der Waals surface area (Å²) in [5.41, 5.74) is 1.14. The summed E-state index contributed by atoms with van der Waals surface area (Å²) in [6.07, 6.45) is 0. The van der Waals surface area contributed by atoms with Crippen LogP contribution in [-0.2, 0) is 0 Å². The minimum Gasteiger partial charge on any atom is -0.508 e. The molecule has 4 aromatic rings. The summed E-state index contributed by atoms with van der Waals surface area (Å²) in [6.45, 7) is 0. The molecule has 0 radical (unpaired) electrons. The highest BCUT2D eigenvalue weighted by molar-refractivity contribution is 6.20. The number of aromatic nitrogens is 1. The van der Waals surface area contributed by atoms with Crippen LogP contribution >= 0.6 is 0 Å². The van der Waals surface area contributed by atoms with Crippen LogP contribution in [0.15, 0.2) is 45.6 Å². The van der Waals surface area contributed by atoms with Crippen molar-refractivity contribution in [1.29, 1.82) is 0 Å². The molecule has 0 aliphatic rings. The van der Waals surface area contributed by atoms with Crippen molar-refractivity contribution in [2.75, 3.05) is 7.11 Å². The Morgan fingerprint density at radius 1 is 1.19 bits per heavy atom. The second kappa shape index (κ2) is 4.02. The van der Waals surface area contributed by atoms with Gasteiger partial charge in [-0.3, -0.25) is 0 Å². The van der Waals surface area contributed by atoms with Crippen LogP contribution in [-0.4, -0.2) is 17.2 Å². The van der Waals surface area contributed by atoms with Crippen LogP contribution in [0.5, 0.6) is 11.5 Å². The number of rotatable bonds is 1. The minimum atomic E-state index is -0.443. The molecule has 5 heteroatoms. The molecular formula is C16H11NO4. The zero-order chi connectivity index (χ0) is 14.6. The molecular weight excluding hydrogens is 270 g/mol. The van der Waals surface area contributed by atoms with E-state index in [4.69, 9.17) is 9.15 Å². The molecule has 0 bridgehead atoms. The maximum atomic E-state index is 12.1. The van der Waals surface area contributed by atoms with Crippen molar-refractivity contribution in [1.82, 2.24) is 4.98 Å². The molecule has 0 unspecified atom stereocenters. The first-order valence-electron chi connectivity index (χ1n) is 6.43. The Morgan fingerprint density at radius 2 is 2.05 bits per heavy atom. The van der Waals surface area contributed by atoms with E-state index in [-0.39, 0.29) is 5.75 Å². The van der Waals surface area contributed by atoms with Crippen LogP contribution in [0.1, 0.15) is 0 Å². The normalized spacial score (nSPS) is 11.5. The molecule has 4 rings (SSSR count). The van der Waals surface area contributed by atoms with E-state index in [0.29, 0.717) is 27.6 Å². The van der Waals surface area contributed by atoms with Gasteiger partial charge in [-0.15, -0.1) is 0 Å². The summed E-state index contributed by atoms with van der Waals surface area (Å²) in [5, 5.41) is 11.9. The zero-order valence-corrected chi connectivity index (χ0v) is 11.1. The van der Waals surface area contributed by atoms with Crippen molar-refractivity contribution >= 4 is 32.8 Å². The Hall–Kier alpha value is -2.95. The minimum absolute atomic E-state index is 0.113. The molecule has 0 saturated heterocycles. The van der Waals surface area contributed by atoms with Crippen LogP contribution in [0.4, 0.5) is 0 Å². The number of hydrogen-bond acceptors (Lipinski definition) is 4. The first kappa shape index (κ1) is 11.8. The zero-order valence-electron chi connectivity index (χ0n) is 11.1. The molecule has 0 spiro atoms. The molecule has 0 atom stereocenters. The van der Waals surface area contributed by atoms with Crippen molar-refractivity contribution < 1.29 is 14.3 Å². The lowest BCUT2D eigenvalue weighted by Crippen LogP contribution is -1.99. The van der Waals surface area contributed by atoms with E-state index in [1.165, 1.54) is 6.07 Å². The van der Waals surface area contributed by atoms with Gasteiger partial charge < -0.3 is 19.2 Å². The summed E-state index contributed by atoms with van der Waals surface area (Å²) in [7, 11) is 1.58. The Bertz CT molecular complexity index is 1060. The number of hydrogen-bond donors (Lipinski definition) is 2. The average Bonchev–Trinajstić information content (AvgIpc) is 2.88. The van der Waals surface area contributed by atoms with E-state index < -0.39 is 5.63 Å². The number of aromatic amines is 1. The monoisotopic (exact) mass is 281 g/mol. The molecule has 2 N–H and O–H groups in total. The SMILES string of the molecule is COc1cccc2[nH]c3c(=O)oc4ccc(O)cc4c3c12. The highest BCUT2D eigenvalue weighted by Gasteiger charge is 2.16. The maximum absolute atomic E-state index is 12.1. The second-order valence-electron chi connectivity index (χ2n) is 4.83. The predicted octanol–water partition coefficient (Wildman–Crippen LogP) is 3.14. The highest BCUT2D eigenvalue weighted by Crippen LogP contribution is 2.36. The summed E-state index contributed by atoms with van der Waals surface area (Å²) in [4.78, 5) is 15.2. The molecule has 0 saturated carbocycles. The van der Waals surface area contributed by atoms with Crippen LogP contribution in [0.3, 0.4) is 0 Å². The van der Waals surface area contributed by atoms with E-state index in [2.05, 4.69) is 4.98 Å². The smallest absolute Gasteiger partial charge is 0.360 e. The van der Waals surface area contributed by atoms with Gasteiger partial charge in [0.25, 0.3) is 0 Å². The Kier molecular flexibility index (Phi) is 2.27. The molecule has 0 fully saturated rings. The topological polar surface area (TPSA) is 75.5 Å². The number of aromatic hydroxyl groups is 1. The van der Waals surface area contributed by atoms with Gasteiger partial charge in [0.2, 0.25) is 0 Å². The number of methoxy groups -OCH3 is 1. The van der Waals surface area contributed by atoms with Crippen molar-refractivity contribution in [3.8, 4) is 11.5 Å². The van der Waals surface area contributed by atoms with Gasteiger partial charge in [0.1, 0.15) is 22.6 Å². The summed E-state index contributed by atoms with van der Waals surface area (Å²) in [6, 6.07) is 10.2. The van der Waals surface area contributed by atoms with E-state index >= 15 is 0 Å². The number of fused-ring (bicyclic) bond motifs is 5. The molecule has 0 amide bonds. The highest BCUT2D eigenvalue weighted by atomic mass is 16.5. The molecule has 104 valence electrons. The van der Waals surface area contributed by atoms with Crippen molar-refractivity contribution in [3.05, 3.63) is 46.8 Å². The Balaban J connectivity index is 2.39. The first-order valence-corrected chi connectivity index (χ1v) is 6.43. The second-order valence-corrected chi connectivity index (χ2v) is 4.83. The third-order valence-corrected chi connectivity index (χ3v) is 3.65. The van der Waals surface area contributed by atoms with E-state index in [9.17, 15) is 9.90 Å². The van der Waals surface area contributed by atoms with Gasteiger partial charge in [0.05, 0.1) is 18.0 Å². The molecule has 0 aliphatic carbocycles. The van der Waals surface area contributed by atoms with Crippen LogP contribution in [0, 0.1) is 0 Å². The van der Waals surface area contributed by atoms with E-state index in [0.717, 1.165) is 10.9 Å². The van der Waals surface area contributed by atoms with Crippen molar-refractivity contribution in [3.63, 3.8) is 0 Å². The lowest BCUT2D eigenvalue weighted by atomic mass is 10.1. The standard InChI is InChI=1S/C16H11NO4/c1-20-12-4-2-3-10-14(12)13-9-7-8(18)5-6-11(9)21-16(19)15(13)17-10/h2-7,17-18H,1H3. The fourth-order valence-electron chi connectivity index (χ4n) is 2.76. The van der Waals surface area contributed by atoms with Gasteiger partial charge >= 0.3 is 5.63 Å². The molecule has 2 aromatic heterocycles. The van der Waals surface area contributed by atoms with E-state index in [1.54, 1.807) is 19.2 Å². The predicted molar refractivity (Wildman–Crippen MR) is 80.1 cm³/mol. The molecule has 0 aliphatic heterocycles. The van der Waals surface area contributed by atoms with Gasteiger partial charge in [0.15, 0.2) is 0 Å². The summed E-state index contributed by atoms with van der Waals surface area (Å²) < 4.78 is 10.7. The Morgan fingerprint density at radius 3 is 2.86 bits per heavy atom. The summed E-state index contributed by atoms with van der Waals surface area (Å²) >= 11 is 0. The molecule has 2 heterocycles. The van der Waals surface area contributed by atoms with Gasteiger partial charge in [-0.1, -0.05) is 6.07 Å². The van der Waals surface area contributed by atoms with Gasteiger partial charge in [-0.2, -0.15) is 0 Å². The largest absolute Gasteiger partial charge is 0.508 e. The van der Waals surface area contributed by atoms with E-state index in [1.807, 2.05) is 18.2 Å². The quantitative estimate of drug-likeness (QED) is 0.525. The summed E-state index contributed by atoms with van der Waals surface area (Å²) in [5.74, 6) is 0.774. The fourth-order valence-corrected chi connectivity index (χ4v) is 2.76. The Labute approximate surface area is 118 Å². The lowest BCUT2D eigenvalue weighted by Gasteiger charge is -2.03. The van der Waals surface area contributed by atoms with Gasteiger partial charge in [-0.05, 0) is 30.3 Å². The maximum Gasteiger partial charge on any atom is 0.360 e. The number of ether oxygens (including phenoxy) is 1. The fraction of sp³-hybridized carbons (Fsp3) is 0.0625. The molecule has 2 aromatic carbocycles. The molecule has 21 heavy (non-hydrogen) atoms. The van der Waals surface area contributed by atoms with Gasteiger partial charge in [0, 0.05) is 10.8 Å². The van der Waals surface area contributed by atoms with Crippen molar-refractivity contribution in [2.24, 2.45) is 0 Å². The van der Waals surface area contributed by atoms with Crippen molar-refractivity contribution in [2.45, 2.75) is 0 Å².